The van der Waals surface area contributed by atoms with Crippen LogP contribution in [0.4, 0.5) is 0 Å². The topological polar surface area (TPSA) is 124 Å². The number of hydrogen-bond donors (Lipinski definition) is 2. The van der Waals surface area contributed by atoms with Gasteiger partial charge < -0.3 is 5.73 Å². The first-order valence-electron chi connectivity index (χ1n) is 4.29. The fraction of sp³-hybridized carbons (Fsp3) is 1.00. The molecule has 0 bridgehead atoms. The van der Waals surface area contributed by atoms with Crippen molar-refractivity contribution in [3.8, 4) is 0 Å². The van der Waals surface area contributed by atoms with Crippen molar-refractivity contribution in [2.75, 3.05) is 24.7 Å². The van der Waals surface area contributed by atoms with Crippen LogP contribution >= 0.6 is 0 Å². The lowest BCUT2D eigenvalue weighted by atomic mass is 10.3. The third-order valence-electron chi connectivity index (χ3n) is 1.54. The van der Waals surface area contributed by atoms with Crippen molar-refractivity contribution >= 4 is 20.2 Å². The van der Waals surface area contributed by atoms with Crippen LogP contribution in [-0.4, -0.2) is 46.0 Å². The van der Waals surface area contributed by atoms with Crippen LogP contribution in [0.5, 0.6) is 0 Å². The Morgan fingerprint density at radius 1 is 1.07 bits per heavy atom. The summed E-state index contributed by atoms with van der Waals surface area (Å²) in [6, 6.07) is 0. The van der Waals surface area contributed by atoms with Crippen LogP contribution < -0.4 is 5.73 Å². The monoisotopic (exact) mass is 261 g/mol. The highest BCUT2D eigenvalue weighted by molar-refractivity contribution is 7.91. The van der Waals surface area contributed by atoms with Crippen molar-refractivity contribution in [3.63, 3.8) is 0 Å². The standard InChI is InChI=1S/C6H15NO6S2/c7-3-1-2-5-14(8,9)6-4-13-15(10,11)12/h1-7H2,(H,10,11,12). The van der Waals surface area contributed by atoms with Gasteiger partial charge in [-0.15, -0.1) is 0 Å². The van der Waals surface area contributed by atoms with Crippen LogP contribution in [0, 0.1) is 0 Å². The summed E-state index contributed by atoms with van der Waals surface area (Å²) in [5.74, 6) is -0.490. The Balaban J connectivity index is 3.85. The first-order valence-corrected chi connectivity index (χ1v) is 7.48. The second-order valence-corrected chi connectivity index (χ2v) is 6.29. The van der Waals surface area contributed by atoms with Crippen LogP contribution in [0.2, 0.25) is 0 Å². The summed E-state index contributed by atoms with van der Waals surface area (Å²) in [4.78, 5) is 0. The Morgan fingerprint density at radius 2 is 1.67 bits per heavy atom. The molecule has 0 aliphatic carbocycles. The average Bonchev–Trinajstić information content (AvgIpc) is 2.01. The van der Waals surface area contributed by atoms with Crippen molar-refractivity contribution in [3.05, 3.63) is 0 Å². The van der Waals surface area contributed by atoms with Crippen molar-refractivity contribution in [2.45, 2.75) is 12.8 Å². The predicted molar refractivity (Wildman–Crippen MR) is 54.4 cm³/mol. The van der Waals surface area contributed by atoms with Gasteiger partial charge in [0.05, 0.1) is 18.1 Å². The molecule has 0 radical (unpaired) electrons. The smallest absolute Gasteiger partial charge is 0.330 e. The van der Waals surface area contributed by atoms with Gasteiger partial charge >= 0.3 is 10.4 Å². The molecule has 7 nitrogen and oxygen atoms in total. The van der Waals surface area contributed by atoms with Crippen LogP contribution in [0.3, 0.4) is 0 Å². The quantitative estimate of drug-likeness (QED) is 0.422. The van der Waals surface area contributed by atoms with Crippen molar-refractivity contribution in [1.29, 1.82) is 0 Å². The van der Waals surface area contributed by atoms with Gasteiger partial charge in [0, 0.05) is 0 Å². The number of sulfone groups is 1. The Bertz CT molecular complexity index is 359. The van der Waals surface area contributed by atoms with E-state index in [4.69, 9.17) is 10.3 Å². The number of nitrogens with two attached hydrogens (primary N) is 1. The van der Waals surface area contributed by atoms with Gasteiger partial charge in [0.15, 0.2) is 9.84 Å². The predicted octanol–water partition coefficient (Wildman–Crippen LogP) is -1.04. The SMILES string of the molecule is NCCCCS(=O)(=O)CCOS(=O)(=O)O. The van der Waals surface area contributed by atoms with E-state index in [2.05, 4.69) is 4.18 Å². The molecule has 0 aromatic rings. The maximum Gasteiger partial charge on any atom is 0.397 e. The molecule has 0 spiro atoms. The second-order valence-electron chi connectivity index (χ2n) is 2.90. The van der Waals surface area contributed by atoms with E-state index in [0.29, 0.717) is 19.4 Å². The molecule has 92 valence electrons. The van der Waals surface area contributed by atoms with E-state index < -0.39 is 32.6 Å². The van der Waals surface area contributed by atoms with Crippen molar-refractivity contribution in [2.24, 2.45) is 5.73 Å². The lowest BCUT2D eigenvalue weighted by molar-refractivity contribution is 0.284. The maximum atomic E-state index is 11.2. The Kier molecular flexibility index (Phi) is 6.29. The van der Waals surface area contributed by atoms with Crippen molar-refractivity contribution < 1.29 is 25.6 Å². The highest BCUT2D eigenvalue weighted by atomic mass is 32.3. The molecule has 0 rings (SSSR count). The molecular weight excluding hydrogens is 246 g/mol. The molecule has 15 heavy (non-hydrogen) atoms. The summed E-state index contributed by atoms with van der Waals surface area (Å²) in [5.41, 5.74) is 5.18. The number of hydrogen-bond acceptors (Lipinski definition) is 6. The van der Waals surface area contributed by atoms with Gasteiger partial charge in [-0.2, -0.15) is 8.42 Å². The van der Waals surface area contributed by atoms with E-state index in [1.165, 1.54) is 0 Å². The fourth-order valence-electron chi connectivity index (χ4n) is 0.835. The fourth-order valence-corrected chi connectivity index (χ4v) is 2.42. The molecule has 0 fully saturated rings. The van der Waals surface area contributed by atoms with Gasteiger partial charge in [-0.3, -0.25) is 4.55 Å². The minimum absolute atomic E-state index is 0.0565. The largest absolute Gasteiger partial charge is 0.397 e. The molecule has 0 atom stereocenters. The highest BCUT2D eigenvalue weighted by Gasteiger charge is 2.12. The van der Waals surface area contributed by atoms with E-state index in [1.807, 2.05) is 0 Å². The summed E-state index contributed by atoms with van der Waals surface area (Å²) >= 11 is 0. The first kappa shape index (κ1) is 14.8. The van der Waals surface area contributed by atoms with Gasteiger partial charge in [-0.1, -0.05) is 0 Å². The van der Waals surface area contributed by atoms with Crippen LogP contribution in [0.25, 0.3) is 0 Å². The van der Waals surface area contributed by atoms with Crippen molar-refractivity contribution in [1.82, 2.24) is 0 Å². The summed E-state index contributed by atoms with van der Waals surface area (Å²) in [7, 11) is -7.89. The van der Waals surface area contributed by atoms with Crippen LogP contribution in [0.15, 0.2) is 0 Å². The van der Waals surface area contributed by atoms with Gasteiger partial charge in [-0.05, 0) is 19.4 Å². The molecule has 0 aromatic carbocycles. The van der Waals surface area contributed by atoms with Crippen LogP contribution in [0.1, 0.15) is 12.8 Å². The van der Waals surface area contributed by atoms with E-state index in [0.717, 1.165) is 0 Å². The van der Waals surface area contributed by atoms with E-state index in [9.17, 15) is 16.8 Å². The Morgan fingerprint density at radius 3 is 2.13 bits per heavy atom. The number of unbranched alkanes of at least 4 members (excludes halogenated alkanes) is 1. The lowest BCUT2D eigenvalue weighted by Crippen LogP contribution is -2.18. The summed E-state index contributed by atoms with van der Waals surface area (Å²) in [6.07, 6.45) is 1.03. The lowest BCUT2D eigenvalue weighted by Gasteiger charge is -2.02. The molecular formula is C6H15NO6S2. The molecule has 0 aromatic heterocycles. The molecule has 0 aliphatic rings. The summed E-state index contributed by atoms with van der Waals surface area (Å²) in [6.45, 7) is -0.152. The van der Waals surface area contributed by atoms with E-state index in [1.54, 1.807) is 0 Å². The number of rotatable bonds is 8. The molecule has 0 aliphatic heterocycles. The van der Waals surface area contributed by atoms with E-state index in [-0.39, 0.29) is 5.75 Å². The normalized spacial score (nSPS) is 12.9. The zero-order valence-electron chi connectivity index (χ0n) is 8.12. The van der Waals surface area contributed by atoms with E-state index >= 15 is 0 Å². The van der Waals surface area contributed by atoms with Gasteiger partial charge in [0.2, 0.25) is 0 Å². The van der Waals surface area contributed by atoms with Crippen LogP contribution in [-0.2, 0) is 24.4 Å². The molecule has 9 heteroatoms. The highest BCUT2D eigenvalue weighted by Crippen LogP contribution is 1.98. The zero-order chi connectivity index (χ0) is 11.9. The third kappa shape index (κ3) is 10.1. The van der Waals surface area contributed by atoms with Gasteiger partial charge in [-0.25, -0.2) is 12.6 Å². The minimum Gasteiger partial charge on any atom is -0.330 e. The molecule has 0 saturated carbocycles. The molecule has 0 heterocycles. The molecule has 0 unspecified atom stereocenters. The minimum atomic E-state index is -4.56. The summed E-state index contributed by atoms with van der Waals surface area (Å²) in [5, 5.41) is 0. The Labute approximate surface area is 89.5 Å². The molecule has 3 N–H and O–H groups in total. The zero-order valence-corrected chi connectivity index (χ0v) is 9.76. The van der Waals surface area contributed by atoms with Gasteiger partial charge in [0.25, 0.3) is 0 Å². The Hall–Kier alpha value is -0.220. The third-order valence-corrected chi connectivity index (χ3v) is 3.70. The second kappa shape index (κ2) is 6.38. The maximum absolute atomic E-state index is 11.2. The van der Waals surface area contributed by atoms with Gasteiger partial charge in [0.1, 0.15) is 0 Å². The molecule has 0 saturated heterocycles. The molecule has 0 amide bonds. The first-order chi connectivity index (χ1) is 6.77. The average molecular weight is 261 g/mol. The summed E-state index contributed by atoms with van der Waals surface area (Å²) < 4.78 is 54.6.